The number of anilines is 1. The van der Waals surface area contributed by atoms with Gasteiger partial charge in [0.05, 0.1) is 11.1 Å². The van der Waals surface area contributed by atoms with Crippen LogP contribution in [0.3, 0.4) is 0 Å². The average molecular weight is 381 g/mol. The van der Waals surface area contributed by atoms with Crippen LogP contribution < -0.4 is 14.8 Å². The third-order valence-corrected chi connectivity index (χ3v) is 3.43. The minimum atomic E-state index is -0.580. The zero-order valence-corrected chi connectivity index (χ0v) is 17.3. The summed E-state index contributed by atoms with van der Waals surface area (Å²) in [6.45, 7) is 14.4. The van der Waals surface area contributed by atoms with E-state index in [0.29, 0.717) is 41.7 Å². The molecule has 3 rings (SSSR count). The predicted molar refractivity (Wildman–Crippen MR) is 117 cm³/mol. The zero-order chi connectivity index (χ0) is 21.1. The van der Waals surface area contributed by atoms with Crippen molar-refractivity contribution in [3.8, 4) is 11.5 Å². The summed E-state index contributed by atoms with van der Waals surface area (Å²) in [5.74, 6) is 1.28. The van der Waals surface area contributed by atoms with Gasteiger partial charge in [-0.3, -0.25) is 0 Å². The van der Waals surface area contributed by atoms with Gasteiger partial charge in [0.15, 0.2) is 19.3 Å². The van der Waals surface area contributed by atoms with Crippen LogP contribution in [0.4, 0.5) is 5.95 Å². The molecule has 2 radical (unpaired) electrons. The molecule has 0 amide bonds. The number of nitrogens with zero attached hydrogens (tertiary/aromatic N) is 1. The quantitative estimate of drug-likeness (QED) is 0.577. The number of hydrogen-bond acceptors (Lipinski definition) is 5. The number of rotatable bonds is 5. The number of hydrogen-bond donors (Lipinski definition) is 2. The molecule has 2 aromatic rings. The molecule has 0 saturated heterocycles. The van der Waals surface area contributed by atoms with Crippen molar-refractivity contribution in [3.05, 3.63) is 48.2 Å². The van der Waals surface area contributed by atoms with Crippen molar-refractivity contribution in [3.63, 3.8) is 0 Å². The Hall–Kier alpha value is -2.96. The maximum atomic E-state index is 11.7. The third-order valence-electron chi connectivity index (χ3n) is 3.43. The molecule has 2 N–H and O–H groups in total. The first kappa shape index (κ1) is 23.1. The molecule has 2 heterocycles. The fourth-order valence-corrected chi connectivity index (χ4v) is 2.49. The molecule has 28 heavy (non-hydrogen) atoms. The smallest absolute Gasteiger partial charge is 0.205 e. The first-order valence-corrected chi connectivity index (χ1v) is 9.48. The molecule has 1 aromatic carbocycles. The van der Waals surface area contributed by atoms with Crippen molar-refractivity contribution in [2.45, 2.75) is 34.6 Å². The van der Waals surface area contributed by atoms with E-state index in [0.717, 1.165) is 5.70 Å². The molecule has 0 fully saturated rings. The number of allylic oxidation sites excluding steroid dienone is 4. The normalized spacial score (nSPS) is 12.5. The van der Waals surface area contributed by atoms with E-state index in [9.17, 15) is 4.79 Å². The highest BCUT2D eigenvalue weighted by Crippen LogP contribution is 2.40. The number of carbonyl (C=O) groups is 1. The molecule has 6 nitrogen and oxygen atoms in total. The summed E-state index contributed by atoms with van der Waals surface area (Å²) in [4.78, 5) is 19.3. The van der Waals surface area contributed by atoms with Crippen LogP contribution in [0.25, 0.3) is 11.0 Å². The maximum absolute atomic E-state index is 11.7. The Morgan fingerprint density at radius 2 is 1.89 bits per heavy atom. The van der Waals surface area contributed by atoms with E-state index in [1.54, 1.807) is 12.1 Å². The fourth-order valence-electron chi connectivity index (χ4n) is 2.49. The van der Waals surface area contributed by atoms with Crippen LogP contribution in [0.2, 0.25) is 0 Å². The van der Waals surface area contributed by atoms with Crippen LogP contribution in [-0.2, 0) is 0 Å². The minimum Gasteiger partial charge on any atom is -0.485 e. The number of aromatic amines is 1. The molecule has 0 spiro atoms. The lowest BCUT2D eigenvalue weighted by Gasteiger charge is -2.20. The highest BCUT2D eigenvalue weighted by atomic mass is 16.6. The Bertz CT molecular complexity index is 869. The number of benzene rings is 1. The Balaban J connectivity index is 0.000000921. The second kappa shape index (κ2) is 11.7. The van der Waals surface area contributed by atoms with Crippen LogP contribution in [0.15, 0.2) is 42.6 Å². The molecule has 0 saturated carbocycles. The molecule has 1 aromatic heterocycles. The van der Waals surface area contributed by atoms with Crippen molar-refractivity contribution in [1.82, 2.24) is 9.97 Å². The molecule has 1 aliphatic heterocycles. The van der Waals surface area contributed by atoms with Gasteiger partial charge in [-0.1, -0.05) is 46.4 Å². The van der Waals surface area contributed by atoms with Crippen LogP contribution in [-0.4, -0.2) is 36.7 Å². The van der Waals surface area contributed by atoms with E-state index in [1.165, 1.54) is 0 Å². The number of nitrogens with one attached hydrogen (secondary N) is 2. The molecule has 1 aliphatic rings. The Morgan fingerprint density at radius 3 is 2.46 bits per heavy atom. The lowest BCUT2D eigenvalue weighted by molar-refractivity contribution is 0.107. The summed E-state index contributed by atoms with van der Waals surface area (Å²) in [6, 6.07) is 1.62. The van der Waals surface area contributed by atoms with Crippen molar-refractivity contribution >= 4 is 30.5 Å². The van der Waals surface area contributed by atoms with Crippen molar-refractivity contribution < 1.29 is 14.3 Å². The van der Waals surface area contributed by atoms with Gasteiger partial charge in [-0.2, -0.15) is 0 Å². The summed E-state index contributed by atoms with van der Waals surface area (Å²) in [7, 11) is 5.44. The number of fused-ring (bicyclic) bond motifs is 3. The van der Waals surface area contributed by atoms with E-state index in [4.69, 9.17) is 17.3 Å². The number of aromatic nitrogens is 2. The van der Waals surface area contributed by atoms with E-state index < -0.39 is 5.68 Å². The van der Waals surface area contributed by atoms with Gasteiger partial charge in [0.1, 0.15) is 24.4 Å². The summed E-state index contributed by atoms with van der Waals surface area (Å²) < 4.78 is 11.2. The van der Waals surface area contributed by atoms with E-state index in [1.807, 2.05) is 52.8 Å². The van der Waals surface area contributed by atoms with Crippen LogP contribution in [0, 0.1) is 0 Å². The van der Waals surface area contributed by atoms with Crippen LogP contribution >= 0.6 is 0 Å². The molecule has 148 valence electrons. The molecule has 0 aliphatic carbocycles. The third kappa shape index (κ3) is 5.28. The summed E-state index contributed by atoms with van der Waals surface area (Å²) in [6.07, 6.45) is 7.28. The lowest BCUT2D eigenvalue weighted by atomic mass is 9.93. The summed E-state index contributed by atoms with van der Waals surface area (Å²) >= 11 is 0. The number of carbonyl (C=O) groups excluding carboxylic acids is 1. The zero-order valence-electron chi connectivity index (χ0n) is 17.3. The monoisotopic (exact) mass is 381 g/mol. The van der Waals surface area contributed by atoms with Crippen LogP contribution in [0.1, 0.15) is 45.0 Å². The van der Waals surface area contributed by atoms with Crippen molar-refractivity contribution in [2.24, 2.45) is 0 Å². The standard InChI is InChI=1S/C17H16BN3O3.2C2H6/c1-3-5-10(6-4-2)19-17-20-12-9-11(16(18)22)14-15(13(12)21-17)24-8-7-23-14;2*1-2/h3-6,9H,1,7-8H2,2H3,(H2,19,20,21);2*1-2H3/b6-4-,10-5+;;. The molecular weight excluding hydrogens is 353 g/mol. The van der Waals surface area contributed by atoms with Gasteiger partial charge in [-0.05, 0) is 25.1 Å². The largest absolute Gasteiger partial charge is 0.485 e. The van der Waals surface area contributed by atoms with Gasteiger partial charge >= 0.3 is 0 Å². The highest BCUT2D eigenvalue weighted by Gasteiger charge is 2.24. The first-order valence-electron chi connectivity index (χ1n) is 9.48. The Kier molecular flexibility index (Phi) is 9.64. The lowest BCUT2D eigenvalue weighted by Crippen LogP contribution is -2.18. The van der Waals surface area contributed by atoms with Crippen molar-refractivity contribution in [1.29, 1.82) is 0 Å². The van der Waals surface area contributed by atoms with E-state index >= 15 is 0 Å². The van der Waals surface area contributed by atoms with Gasteiger partial charge in [-0.25, -0.2) is 4.98 Å². The Labute approximate surface area is 168 Å². The first-order chi connectivity index (χ1) is 13.6. The number of ether oxygens (including phenoxy) is 2. The van der Waals surface area contributed by atoms with Gasteiger partial charge in [-0.15, -0.1) is 0 Å². The SMILES string of the molecule is CC.CC.[B]C(=O)c1cc2[nH]c(NC(/C=C\C)=C/C=C)nc2c2c1OCCO2. The number of H-pyrrole nitrogens is 1. The van der Waals surface area contributed by atoms with Gasteiger partial charge in [0.2, 0.25) is 5.95 Å². The average Bonchev–Trinajstić information content (AvgIpc) is 3.13. The van der Waals surface area contributed by atoms with Crippen LogP contribution in [0.5, 0.6) is 11.5 Å². The number of imidazole rings is 1. The second-order valence-electron chi connectivity index (χ2n) is 5.11. The highest BCUT2D eigenvalue weighted by molar-refractivity contribution is 6.62. The van der Waals surface area contributed by atoms with Gasteiger partial charge in [0.25, 0.3) is 0 Å². The predicted octanol–water partition coefficient (Wildman–Crippen LogP) is 4.75. The van der Waals surface area contributed by atoms with Gasteiger partial charge < -0.3 is 24.6 Å². The summed E-state index contributed by atoms with van der Waals surface area (Å²) in [5.41, 5.74) is 1.71. The maximum Gasteiger partial charge on any atom is 0.205 e. The van der Waals surface area contributed by atoms with E-state index in [2.05, 4.69) is 21.9 Å². The van der Waals surface area contributed by atoms with E-state index in [-0.39, 0.29) is 5.56 Å². The van der Waals surface area contributed by atoms with Crippen molar-refractivity contribution in [2.75, 3.05) is 18.5 Å². The molecular formula is C21H28BN3O3. The van der Waals surface area contributed by atoms with Gasteiger partial charge in [0, 0.05) is 5.70 Å². The molecule has 0 bridgehead atoms. The minimum absolute atomic E-state index is 0.266. The topological polar surface area (TPSA) is 76.2 Å². The second-order valence-corrected chi connectivity index (χ2v) is 5.11. The fraction of sp³-hybridized carbons (Fsp3) is 0.333. The Morgan fingerprint density at radius 1 is 1.25 bits per heavy atom. The molecule has 0 atom stereocenters. The molecule has 0 unspecified atom stereocenters. The summed E-state index contributed by atoms with van der Waals surface area (Å²) in [5, 5.41) is 3.15. The molecule has 7 heteroatoms.